The zero-order chi connectivity index (χ0) is 18.1. The first kappa shape index (κ1) is 17.1. The van der Waals surface area contributed by atoms with Crippen molar-refractivity contribution in [3.63, 3.8) is 0 Å². The summed E-state index contributed by atoms with van der Waals surface area (Å²) in [6.45, 7) is 0.956. The Morgan fingerprint density at radius 1 is 1.23 bits per heavy atom. The normalized spacial score (nSPS) is 16.9. The van der Waals surface area contributed by atoms with Gasteiger partial charge in [0.15, 0.2) is 5.13 Å². The fourth-order valence-corrected chi connectivity index (χ4v) is 4.02. The van der Waals surface area contributed by atoms with Crippen LogP contribution in [0.2, 0.25) is 0 Å². The number of fused-ring (bicyclic) bond motifs is 1. The number of aromatic nitrogens is 1. The molecule has 1 atom stereocenters. The molecule has 1 aromatic heterocycles. The molecule has 1 aliphatic rings. The third-order valence-electron chi connectivity index (χ3n) is 4.28. The van der Waals surface area contributed by atoms with Crippen molar-refractivity contribution in [3.05, 3.63) is 59.7 Å². The molecule has 0 bridgehead atoms. The van der Waals surface area contributed by atoms with Crippen molar-refractivity contribution in [3.8, 4) is 0 Å². The van der Waals surface area contributed by atoms with Gasteiger partial charge in [-0.25, -0.2) is 13.8 Å². The molecule has 4 rings (SSSR count). The van der Waals surface area contributed by atoms with Crippen LogP contribution in [-0.4, -0.2) is 30.1 Å². The lowest BCUT2D eigenvalue weighted by Crippen LogP contribution is -2.37. The van der Waals surface area contributed by atoms with Crippen LogP contribution in [0.15, 0.2) is 42.5 Å². The van der Waals surface area contributed by atoms with Gasteiger partial charge in [-0.3, -0.25) is 9.69 Å². The predicted octanol–water partition coefficient (Wildman–Crippen LogP) is 4.40. The molecule has 26 heavy (non-hydrogen) atoms. The lowest BCUT2D eigenvalue weighted by molar-refractivity contribution is 0.0916. The molecule has 0 N–H and O–H groups in total. The van der Waals surface area contributed by atoms with E-state index in [0.717, 1.165) is 41.3 Å². The number of hydrogen-bond donors (Lipinski definition) is 0. The van der Waals surface area contributed by atoms with E-state index in [1.54, 1.807) is 0 Å². The number of halogens is 2. The molecule has 7 heteroatoms. The quantitative estimate of drug-likeness (QED) is 0.680. The molecule has 0 unspecified atom stereocenters. The third kappa shape index (κ3) is 3.45. The summed E-state index contributed by atoms with van der Waals surface area (Å²) < 4.78 is 33.7. The third-order valence-corrected chi connectivity index (χ3v) is 5.34. The fraction of sp³-hybridized carbons (Fsp3) is 0.263. The number of para-hydroxylation sites is 1. The minimum Gasteiger partial charge on any atom is -0.376 e. The number of carbonyl (C=O) groups excluding carboxylic acids is 1. The average molecular weight is 374 g/mol. The van der Waals surface area contributed by atoms with Crippen LogP contribution in [0.5, 0.6) is 0 Å². The Labute approximate surface area is 153 Å². The molecule has 0 saturated carbocycles. The molecular weight excluding hydrogens is 358 g/mol. The second kappa shape index (κ2) is 7.09. The van der Waals surface area contributed by atoms with E-state index in [4.69, 9.17) is 4.74 Å². The number of thiazole rings is 1. The summed E-state index contributed by atoms with van der Waals surface area (Å²) in [4.78, 5) is 19.0. The van der Waals surface area contributed by atoms with Crippen molar-refractivity contribution >= 4 is 32.6 Å². The zero-order valence-corrected chi connectivity index (χ0v) is 14.6. The molecular formula is C19H16F2N2O2S. The maximum Gasteiger partial charge on any atom is 0.260 e. The minimum atomic E-state index is -0.783. The van der Waals surface area contributed by atoms with Gasteiger partial charge in [-0.1, -0.05) is 23.5 Å². The van der Waals surface area contributed by atoms with Gasteiger partial charge in [0.05, 0.1) is 22.9 Å². The second-order valence-corrected chi connectivity index (χ2v) is 7.18. The van der Waals surface area contributed by atoms with Crippen LogP contribution in [0.25, 0.3) is 10.2 Å². The number of nitrogens with zero attached hydrogens (tertiary/aromatic N) is 2. The van der Waals surface area contributed by atoms with E-state index >= 15 is 0 Å². The van der Waals surface area contributed by atoms with E-state index in [-0.39, 0.29) is 11.7 Å². The van der Waals surface area contributed by atoms with Gasteiger partial charge in [0.1, 0.15) is 11.6 Å². The SMILES string of the molecule is O=C(c1cc(F)cc(F)c1)N(C[C@H]1CCCO1)c1nc2ccccc2s1. The lowest BCUT2D eigenvalue weighted by atomic mass is 10.1. The van der Waals surface area contributed by atoms with E-state index in [1.807, 2.05) is 24.3 Å². The van der Waals surface area contributed by atoms with Gasteiger partial charge in [0.2, 0.25) is 0 Å². The average Bonchev–Trinajstić information content (AvgIpc) is 3.27. The summed E-state index contributed by atoms with van der Waals surface area (Å²) in [6.07, 6.45) is 1.66. The Balaban J connectivity index is 1.72. The number of carbonyl (C=O) groups is 1. The summed E-state index contributed by atoms with van der Waals surface area (Å²) in [5.41, 5.74) is 0.739. The number of benzene rings is 2. The van der Waals surface area contributed by atoms with Crippen LogP contribution in [0.3, 0.4) is 0 Å². The lowest BCUT2D eigenvalue weighted by Gasteiger charge is -2.23. The molecule has 2 aromatic carbocycles. The van der Waals surface area contributed by atoms with Gasteiger partial charge < -0.3 is 4.74 Å². The maximum absolute atomic E-state index is 13.6. The summed E-state index contributed by atoms with van der Waals surface area (Å²) in [5.74, 6) is -2.05. The molecule has 1 saturated heterocycles. The number of rotatable bonds is 4. The standard InChI is InChI=1S/C19H16F2N2O2S/c20-13-8-12(9-14(21)10-13)18(24)23(11-15-4-3-7-25-15)19-22-16-5-1-2-6-17(16)26-19/h1-2,5-6,8-10,15H,3-4,7,11H2/t15-/m1/s1. The van der Waals surface area contributed by atoms with Gasteiger partial charge in [-0.2, -0.15) is 0 Å². The molecule has 0 spiro atoms. The molecule has 0 aliphatic carbocycles. The highest BCUT2D eigenvalue weighted by molar-refractivity contribution is 7.22. The fourth-order valence-electron chi connectivity index (χ4n) is 3.05. The van der Waals surface area contributed by atoms with Crippen molar-refractivity contribution < 1.29 is 18.3 Å². The van der Waals surface area contributed by atoms with Gasteiger partial charge in [0.25, 0.3) is 5.91 Å². The maximum atomic E-state index is 13.6. The van der Waals surface area contributed by atoms with Crippen LogP contribution >= 0.6 is 11.3 Å². The first-order valence-corrected chi connectivity index (χ1v) is 9.17. The highest BCUT2D eigenvalue weighted by Gasteiger charge is 2.27. The Morgan fingerprint density at radius 2 is 2.00 bits per heavy atom. The molecule has 4 nitrogen and oxygen atoms in total. The number of ether oxygens (including phenoxy) is 1. The summed E-state index contributed by atoms with van der Waals surface area (Å²) in [5, 5.41) is 0.497. The Bertz CT molecular complexity index is 900. The summed E-state index contributed by atoms with van der Waals surface area (Å²) in [6, 6.07) is 10.4. The van der Waals surface area contributed by atoms with Crippen molar-refractivity contribution in [2.24, 2.45) is 0 Å². The molecule has 2 heterocycles. The second-order valence-electron chi connectivity index (χ2n) is 6.17. The molecule has 1 aliphatic heterocycles. The van der Waals surface area contributed by atoms with Gasteiger partial charge >= 0.3 is 0 Å². The summed E-state index contributed by atoms with van der Waals surface area (Å²) >= 11 is 1.37. The largest absolute Gasteiger partial charge is 0.376 e. The minimum absolute atomic E-state index is 0.0419. The van der Waals surface area contributed by atoms with Gasteiger partial charge in [-0.05, 0) is 37.1 Å². The molecule has 134 valence electrons. The van der Waals surface area contributed by atoms with Gasteiger partial charge in [-0.15, -0.1) is 0 Å². The Kier molecular flexibility index (Phi) is 4.65. The van der Waals surface area contributed by atoms with Crippen LogP contribution in [0.1, 0.15) is 23.2 Å². The monoisotopic (exact) mass is 374 g/mol. The van der Waals surface area contributed by atoms with Crippen LogP contribution < -0.4 is 4.90 Å². The topological polar surface area (TPSA) is 42.4 Å². The molecule has 3 aromatic rings. The van der Waals surface area contributed by atoms with E-state index in [1.165, 1.54) is 16.2 Å². The summed E-state index contributed by atoms with van der Waals surface area (Å²) in [7, 11) is 0. The Hall–Kier alpha value is -2.38. The van der Waals surface area contributed by atoms with E-state index in [0.29, 0.717) is 18.3 Å². The van der Waals surface area contributed by atoms with Crippen molar-refractivity contribution in [2.75, 3.05) is 18.1 Å². The Morgan fingerprint density at radius 3 is 2.69 bits per heavy atom. The van der Waals surface area contributed by atoms with E-state index in [9.17, 15) is 13.6 Å². The van der Waals surface area contributed by atoms with Crippen molar-refractivity contribution in [2.45, 2.75) is 18.9 Å². The van der Waals surface area contributed by atoms with Crippen LogP contribution in [0.4, 0.5) is 13.9 Å². The van der Waals surface area contributed by atoms with Crippen molar-refractivity contribution in [1.29, 1.82) is 0 Å². The first-order chi connectivity index (χ1) is 12.6. The van der Waals surface area contributed by atoms with Crippen molar-refractivity contribution in [1.82, 2.24) is 4.98 Å². The van der Waals surface area contributed by atoms with E-state index in [2.05, 4.69) is 4.98 Å². The van der Waals surface area contributed by atoms with E-state index < -0.39 is 17.5 Å². The molecule has 0 radical (unpaired) electrons. The van der Waals surface area contributed by atoms with Crippen LogP contribution in [0, 0.1) is 11.6 Å². The first-order valence-electron chi connectivity index (χ1n) is 8.35. The highest BCUT2D eigenvalue weighted by Crippen LogP contribution is 2.31. The number of amides is 1. The van der Waals surface area contributed by atoms with Crippen LogP contribution in [-0.2, 0) is 4.74 Å². The number of hydrogen-bond acceptors (Lipinski definition) is 4. The number of anilines is 1. The predicted molar refractivity (Wildman–Crippen MR) is 96.6 cm³/mol. The highest BCUT2D eigenvalue weighted by atomic mass is 32.1. The molecule has 1 fully saturated rings. The molecule has 1 amide bonds. The smallest absolute Gasteiger partial charge is 0.260 e. The van der Waals surface area contributed by atoms with Gasteiger partial charge in [0, 0.05) is 18.2 Å². The zero-order valence-electron chi connectivity index (χ0n) is 13.8.